The van der Waals surface area contributed by atoms with Crippen molar-refractivity contribution in [3.8, 4) is 5.75 Å². The molecule has 0 aliphatic carbocycles. The van der Waals surface area contributed by atoms with Crippen LogP contribution in [0, 0.1) is 5.92 Å². The molecule has 0 fully saturated rings. The van der Waals surface area contributed by atoms with Gasteiger partial charge in [-0.15, -0.1) is 0 Å². The number of ether oxygens (including phenoxy) is 1. The zero-order chi connectivity index (χ0) is 16.9. The number of anilines is 1. The third-order valence-electron chi connectivity index (χ3n) is 3.84. The van der Waals surface area contributed by atoms with Crippen molar-refractivity contribution in [2.24, 2.45) is 5.92 Å². The van der Waals surface area contributed by atoms with Crippen LogP contribution in [0.2, 0.25) is 0 Å². The van der Waals surface area contributed by atoms with E-state index in [1.807, 2.05) is 25.1 Å². The summed E-state index contributed by atoms with van der Waals surface area (Å²) >= 11 is 0. The van der Waals surface area contributed by atoms with Crippen LogP contribution in [0.4, 0.5) is 5.82 Å². The van der Waals surface area contributed by atoms with Gasteiger partial charge in [-0.25, -0.2) is 15.0 Å². The minimum absolute atomic E-state index is 0.0918. The predicted molar refractivity (Wildman–Crippen MR) is 95.1 cm³/mol. The highest BCUT2D eigenvalue weighted by Crippen LogP contribution is 2.33. The van der Waals surface area contributed by atoms with E-state index in [1.54, 1.807) is 6.33 Å². The summed E-state index contributed by atoms with van der Waals surface area (Å²) in [4.78, 5) is 15.9. The first kappa shape index (κ1) is 16.2. The number of rotatable bonds is 7. The Labute approximate surface area is 141 Å². The minimum Gasteiger partial charge on any atom is -0.494 e. The molecule has 0 radical (unpaired) electrons. The van der Waals surface area contributed by atoms with Gasteiger partial charge in [-0.2, -0.15) is 0 Å². The summed E-state index contributed by atoms with van der Waals surface area (Å²) in [6, 6.07) is 8.25. The highest BCUT2D eigenvalue weighted by molar-refractivity contribution is 5.82. The molecule has 0 aliphatic heterocycles. The number of nitrogens with one attached hydrogen (secondary N) is 2. The number of H-pyrrole nitrogens is 1. The number of imidazole rings is 1. The van der Waals surface area contributed by atoms with E-state index in [0.717, 1.165) is 29.1 Å². The summed E-state index contributed by atoms with van der Waals surface area (Å²) in [5.41, 5.74) is 2.62. The molecule has 0 amide bonds. The van der Waals surface area contributed by atoms with Gasteiger partial charge in [-0.1, -0.05) is 32.0 Å². The number of hydrogen-bond acceptors (Lipinski definition) is 5. The number of benzene rings is 1. The predicted octanol–water partition coefficient (Wildman–Crippen LogP) is 3.95. The van der Waals surface area contributed by atoms with E-state index in [1.165, 1.54) is 6.33 Å². The lowest BCUT2D eigenvalue weighted by molar-refractivity contribution is 0.333. The summed E-state index contributed by atoms with van der Waals surface area (Å²) in [6.45, 7) is 7.07. The topological polar surface area (TPSA) is 75.7 Å². The number of fused-ring (bicyclic) bond motifs is 1. The van der Waals surface area contributed by atoms with Crippen LogP contribution in [0.25, 0.3) is 11.2 Å². The van der Waals surface area contributed by atoms with Crippen LogP contribution in [-0.4, -0.2) is 26.5 Å². The Bertz CT molecular complexity index is 799. The van der Waals surface area contributed by atoms with Crippen molar-refractivity contribution < 1.29 is 4.74 Å². The van der Waals surface area contributed by atoms with E-state index in [-0.39, 0.29) is 6.04 Å². The lowest BCUT2D eigenvalue weighted by Crippen LogP contribution is -2.16. The molecule has 1 unspecified atom stereocenters. The van der Waals surface area contributed by atoms with Crippen molar-refractivity contribution in [3.63, 3.8) is 0 Å². The summed E-state index contributed by atoms with van der Waals surface area (Å²) in [5, 5.41) is 3.55. The molecule has 0 bridgehead atoms. The lowest BCUT2D eigenvalue weighted by atomic mass is 9.96. The quantitative estimate of drug-likeness (QED) is 0.688. The molecule has 126 valence electrons. The first-order chi connectivity index (χ1) is 11.7. The second kappa shape index (κ2) is 7.29. The fourth-order valence-corrected chi connectivity index (χ4v) is 2.83. The molecule has 0 saturated heterocycles. The standard InChI is InChI=1S/C18H23N5O/c1-4-24-15-8-6-5-7-13(15)14(9-12(2)3)23-18-16-17(20-10-19-16)21-11-22-18/h5-8,10-12,14H,4,9H2,1-3H3,(H2,19,20,21,22,23). The van der Waals surface area contributed by atoms with Gasteiger partial charge in [0.25, 0.3) is 0 Å². The maximum Gasteiger partial charge on any atom is 0.182 e. The Hall–Kier alpha value is -2.63. The number of aromatic nitrogens is 4. The van der Waals surface area contributed by atoms with Gasteiger partial charge in [0.05, 0.1) is 19.0 Å². The molecule has 0 saturated carbocycles. The van der Waals surface area contributed by atoms with Gasteiger partial charge >= 0.3 is 0 Å². The zero-order valence-corrected chi connectivity index (χ0v) is 14.3. The average Bonchev–Trinajstić information content (AvgIpc) is 3.04. The van der Waals surface area contributed by atoms with Crippen LogP contribution in [0.3, 0.4) is 0 Å². The molecule has 3 aromatic rings. The van der Waals surface area contributed by atoms with E-state index < -0.39 is 0 Å². The second-order valence-corrected chi connectivity index (χ2v) is 6.12. The summed E-state index contributed by atoms with van der Waals surface area (Å²) in [6.07, 6.45) is 4.13. The number of hydrogen-bond donors (Lipinski definition) is 2. The van der Waals surface area contributed by atoms with Crippen LogP contribution in [0.1, 0.15) is 38.8 Å². The van der Waals surface area contributed by atoms with E-state index in [0.29, 0.717) is 18.2 Å². The van der Waals surface area contributed by atoms with Crippen molar-refractivity contribution in [2.45, 2.75) is 33.2 Å². The molecule has 1 atom stereocenters. The Morgan fingerprint density at radius 2 is 2.00 bits per heavy atom. The fraction of sp³-hybridized carbons (Fsp3) is 0.389. The molecule has 0 aliphatic rings. The molecular formula is C18H23N5O. The smallest absolute Gasteiger partial charge is 0.182 e. The van der Waals surface area contributed by atoms with Crippen LogP contribution >= 0.6 is 0 Å². The van der Waals surface area contributed by atoms with Gasteiger partial charge in [0.15, 0.2) is 11.5 Å². The molecule has 2 heterocycles. The molecule has 6 heteroatoms. The molecule has 2 aromatic heterocycles. The highest BCUT2D eigenvalue weighted by atomic mass is 16.5. The summed E-state index contributed by atoms with van der Waals surface area (Å²) in [5.74, 6) is 2.19. The fourth-order valence-electron chi connectivity index (χ4n) is 2.83. The third kappa shape index (κ3) is 3.48. The SMILES string of the molecule is CCOc1ccccc1C(CC(C)C)Nc1ncnc2nc[nH]c12. The largest absolute Gasteiger partial charge is 0.494 e. The molecule has 2 N–H and O–H groups in total. The van der Waals surface area contributed by atoms with Crippen LogP contribution in [-0.2, 0) is 0 Å². The molecule has 6 nitrogen and oxygen atoms in total. The second-order valence-electron chi connectivity index (χ2n) is 6.12. The van der Waals surface area contributed by atoms with Crippen molar-refractivity contribution >= 4 is 17.0 Å². The Morgan fingerprint density at radius 1 is 1.17 bits per heavy atom. The van der Waals surface area contributed by atoms with Crippen LogP contribution < -0.4 is 10.1 Å². The molecule has 24 heavy (non-hydrogen) atoms. The number of aromatic amines is 1. The normalized spacial score (nSPS) is 12.5. The average molecular weight is 325 g/mol. The van der Waals surface area contributed by atoms with E-state index in [4.69, 9.17) is 4.74 Å². The van der Waals surface area contributed by atoms with Gasteiger partial charge in [0, 0.05) is 5.56 Å². The maximum absolute atomic E-state index is 5.82. The molecule has 3 rings (SSSR count). The monoisotopic (exact) mass is 325 g/mol. The summed E-state index contributed by atoms with van der Waals surface area (Å²) < 4.78 is 5.82. The lowest BCUT2D eigenvalue weighted by Gasteiger charge is -2.24. The zero-order valence-electron chi connectivity index (χ0n) is 14.3. The van der Waals surface area contributed by atoms with Crippen molar-refractivity contribution in [2.75, 3.05) is 11.9 Å². The van der Waals surface area contributed by atoms with Crippen molar-refractivity contribution in [1.29, 1.82) is 0 Å². The van der Waals surface area contributed by atoms with Crippen molar-refractivity contribution in [3.05, 3.63) is 42.5 Å². The minimum atomic E-state index is 0.0918. The molecular weight excluding hydrogens is 302 g/mol. The van der Waals surface area contributed by atoms with Crippen LogP contribution in [0.5, 0.6) is 5.75 Å². The first-order valence-corrected chi connectivity index (χ1v) is 8.31. The van der Waals surface area contributed by atoms with Gasteiger partial charge < -0.3 is 15.0 Å². The van der Waals surface area contributed by atoms with Crippen molar-refractivity contribution in [1.82, 2.24) is 19.9 Å². The Balaban J connectivity index is 1.97. The molecule has 0 spiro atoms. The van der Waals surface area contributed by atoms with E-state index in [2.05, 4.69) is 45.2 Å². The number of para-hydroxylation sites is 1. The van der Waals surface area contributed by atoms with E-state index in [9.17, 15) is 0 Å². The first-order valence-electron chi connectivity index (χ1n) is 8.31. The third-order valence-corrected chi connectivity index (χ3v) is 3.84. The maximum atomic E-state index is 5.82. The summed E-state index contributed by atoms with van der Waals surface area (Å²) in [7, 11) is 0. The van der Waals surface area contributed by atoms with E-state index >= 15 is 0 Å². The Kier molecular flexibility index (Phi) is 4.93. The van der Waals surface area contributed by atoms with Gasteiger partial charge in [0.2, 0.25) is 0 Å². The van der Waals surface area contributed by atoms with Gasteiger partial charge in [-0.05, 0) is 25.3 Å². The highest BCUT2D eigenvalue weighted by Gasteiger charge is 2.19. The number of nitrogens with zero attached hydrogens (tertiary/aromatic N) is 3. The Morgan fingerprint density at radius 3 is 2.79 bits per heavy atom. The van der Waals surface area contributed by atoms with Crippen LogP contribution in [0.15, 0.2) is 36.9 Å². The van der Waals surface area contributed by atoms with Gasteiger partial charge in [-0.3, -0.25) is 0 Å². The molecule has 1 aromatic carbocycles. The van der Waals surface area contributed by atoms with Gasteiger partial charge in [0.1, 0.15) is 17.6 Å².